The third kappa shape index (κ3) is 4.93. The van der Waals surface area contributed by atoms with Gasteiger partial charge in [0.2, 0.25) is 0 Å². The fourth-order valence-electron chi connectivity index (χ4n) is 3.27. The minimum absolute atomic E-state index is 0.0393. The number of benzene rings is 2. The van der Waals surface area contributed by atoms with E-state index < -0.39 is 11.9 Å². The zero-order valence-corrected chi connectivity index (χ0v) is 19.9. The number of carbonyl (C=O) groups excluding carboxylic acids is 2. The molecule has 0 unspecified atom stereocenters. The van der Waals surface area contributed by atoms with Crippen molar-refractivity contribution < 1.29 is 14.3 Å². The standard InChI is InChI=1S/C24H19BrClN3O3/c1-14-10-17(11-18(13-27)23(30)28-20-7-5-19(25)6-8-20)15(2)29(14)22-12-16(24(31)32-3)4-9-21(22)26/h4-12H,1-3H3,(H,28,30)/b18-11-. The van der Waals surface area contributed by atoms with E-state index in [4.69, 9.17) is 16.3 Å². The van der Waals surface area contributed by atoms with E-state index in [1.807, 2.05) is 30.6 Å². The van der Waals surface area contributed by atoms with Crippen molar-refractivity contribution in [2.75, 3.05) is 12.4 Å². The van der Waals surface area contributed by atoms with Crippen LogP contribution in [-0.2, 0) is 9.53 Å². The second-order valence-electron chi connectivity index (χ2n) is 6.95. The van der Waals surface area contributed by atoms with E-state index in [9.17, 15) is 14.9 Å². The molecule has 1 amide bonds. The zero-order valence-electron chi connectivity index (χ0n) is 17.6. The van der Waals surface area contributed by atoms with Gasteiger partial charge in [-0.2, -0.15) is 5.26 Å². The summed E-state index contributed by atoms with van der Waals surface area (Å²) in [5.41, 5.74) is 3.77. The van der Waals surface area contributed by atoms with Crippen LogP contribution < -0.4 is 5.32 Å². The fourth-order valence-corrected chi connectivity index (χ4v) is 3.74. The topological polar surface area (TPSA) is 84.1 Å². The molecule has 0 atom stereocenters. The number of carbonyl (C=O) groups is 2. The summed E-state index contributed by atoms with van der Waals surface area (Å²) in [5.74, 6) is -0.979. The lowest BCUT2D eigenvalue weighted by molar-refractivity contribution is -0.112. The number of amides is 1. The minimum Gasteiger partial charge on any atom is -0.465 e. The lowest BCUT2D eigenvalue weighted by Crippen LogP contribution is -2.13. The van der Waals surface area contributed by atoms with Crippen LogP contribution >= 0.6 is 27.5 Å². The first-order valence-electron chi connectivity index (χ1n) is 9.51. The van der Waals surface area contributed by atoms with Crippen LogP contribution in [0.3, 0.4) is 0 Å². The Balaban J connectivity index is 1.98. The van der Waals surface area contributed by atoms with Crippen molar-refractivity contribution in [1.82, 2.24) is 4.57 Å². The number of esters is 1. The molecule has 6 nitrogen and oxygen atoms in total. The number of aryl methyl sites for hydroxylation is 1. The van der Waals surface area contributed by atoms with Gasteiger partial charge >= 0.3 is 5.97 Å². The number of rotatable bonds is 5. The predicted molar refractivity (Wildman–Crippen MR) is 128 cm³/mol. The van der Waals surface area contributed by atoms with Gasteiger partial charge in [-0.15, -0.1) is 0 Å². The van der Waals surface area contributed by atoms with E-state index in [0.29, 0.717) is 27.5 Å². The van der Waals surface area contributed by atoms with Crippen LogP contribution in [0.4, 0.5) is 5.69 Å². The second kappa shape index (κ2) is 9.86. The van der Waals surface area contributed by atoms with Crippen molar-refractivity contribution in [2.24, 2.45) is 0 Å². The van der Waals surface area contributed by atoms with Crippen molar-refractivity contribution in [3.8, 4) is 11.8 Å². The van der Waals surface area contributed by atoms with Gasteiger partial charge in [-0.05, 0) is 74.0 Å². The van der Waals surface area contributed by atoms with Gasteiger partial charge in [-0.1, -0.05) is 27.5 Å². The molecule has 32 heavy (non-hydrogen) atoms. The van der Waals surface area contributed by atoms with Gasteiger partial charge in [0.25, 0.3) is 5.91 Å². The van der Waals surface area contributed by atoms with Crippen molar-refractivity contribution in [2.45, 2.75) is 13.8 Å². The number of nitrogens with zero attached hydrogens (tertiary/aromatic N) is 2. The van der Waals surface area contributed by atoms with Gasteiger partial charge in [0, 0.05) is 21.5 Å². The number of ether oxygens (including phenoxy) is 1. The summed E-state index contributed by atoms with van der Waals surface area (Å²) in [6.45, 7) is 3.72. The highest BCUT2D eigenvalue weighted by atomic mass is 79.9. The quantitative estimate of drug-likeness (QED) is 0.264. The minimum atomic E-state index is -0.509. The van der Waals surface area contributed by atoms with Crippen LogP contribution in [0.5, 0.6) is 0 Å². The maximum absolute atomic E-state index is 12.6. The van der Waals surface area contributed by atoms with E-state index in [1.54, 1.807) is 42.5 Å². The average Bonchev–Trinajstić information content (AvgIpc) is 3.06. The van der Waals surface area contributed by atoms with Crippen molar-refractivity contribution in [3.63, 3.8) is 0 Å². The summed E-state index contributed by atoms with van der Waals surface area (Å²) in [4.78, 5) is 24.6. The van der Waals surface area contributed by atoms with Gasteiger partial charge in [0.15, 0.2) is 0 Å². The first-order chi connectivity index (χ1) is 15.2. The Morgan fingerprint density at radius 1 is 1.16 bits per heavy atom. The number of nitrogens with one attached hydrogen (secondary N) is 1. The summed E-state index contributed by atoms with van der Waals surface area (Å²) in [6, 6.07) is 15.7. The van der Waals surface area contributed by atoms with Gasteiger partial charge in [0.05, 0.1) is 23.4 Å². The van der Waals surface area contributed by atoms with Crippen LogP contribution in [0.15, 0.2) is 58.6 Å². The molecule has 0 saturated carbocycles. The highest BCUT2D eigenvalue weighted by Gasteiger charge is 2.17. The maximum atomic E-state index is 12.6. The number of nitriles is 1. The molecule has 162 valence electrons. The fraction of sp³-hybridized carbons (Fsp3) is 0.125. The molecule has 0 radical (unpaired) electrons. The number of aromatic nitrogens is 1. The van der Waals surface area contributed by atoms with Crippen LogP contribution in [0.25, 0.3) is 11.8 Å². The van der Waals surface area contributed by atoms with Crippen molar-refractivity contribution in [1.29, 1.82) is 5.26 Å². The Hall–Kier alpha value is -3.34. The lowest BCUT2D eigenvalue weighted by atomic mass is 10.1. The molecule has 1 heterocycles. The van der Waals surface area contributed by atoms with E-state index in [-0.39, 0.29) is 5.57 Å². The molecule has 8 heteroatoms. The van der Waals surface area contributed by atoms with Gasteiger partial charge in [0.1, 0.15) is 11.6 Å². The molecule has 0 saturated heterocycles. The molecule has 1 aromatic heterocycles. The SMILES string of the molecule is COC(=O)c1ccc(Cl)c(-n2c(C)cc(/C=C(/C#N)C(=O)Nc3ccc(Br)cc3)c2C)c1. The monoisotopic (exact) mass is 511 g/mol. The molecule has 1 N–H and O–H groups in total. The molecule has 0 spiro atoms. The molecule has 0 fully saturated rings. The lowest BCUT2D eigenvalue weighted by Gasteiger charge is -2.13. The van der Waals surface area contributed by atoms with Crippen LogP contribution in [-0.4, -0.2) is 23.6 Å². The summed E-state index contributed by atoms with van der Waals surface area (Å²) >= 11 is 9.75. The number of hydrogen-bond donors (Lipinski definition) is 1. The Labute approximate surface area is 199 Å². The first-order valence-corrected chi connectivity index (χ1v) is 10.7. The highest BCUT2D eigenvalue weighted by molar-refractivity contribution is 9.10. The Kier molecular flexibility index (Phi) is 7.18. The molecular formula is C24H19BrClN3O3. The van der Waals surface area contributed by atoms with E-state index in [2.05, 4.69) is 21.2 Å². The molecule has 0 bridgehead atoms. The van der Waals surface area contributed by atoms with Gasteiger partial charge in [-0.3, -0.25) is 4.79 Å². The number of halogens is 2. The summed E-state index contributed by atoms with van der Waals surface area (Å²) in [5, 5.41) is 12.7. The van der Waals surface area contributed by atoms with Crippen molar-refractivity contribution in [3.05, 3.63) is 86.1 Å². The third-order valence-electron chi connectivity index (χ3n) is 4.85. The maximum Gasteiger partial charge on any atom is 0.337 e. The van der Waals surface area contributed by atoms with Gasteiger partial charge < -0.3 is 14.6 Å². The number of anilines is 1. The molecule has 3 aromatic rings. The largest absolute Gasteiger partial charge is 0.465 e. The normalized spacial score (nSPS) is 11.1. The Morgan fingerprint density at radius 2 is 1.84 bits per heavy atom. The van der Waals surface area contributed by atoms with E-state index in [0.717, 1.165) is 15.9 Å². The number of hydrogen-bond acceptors (Lipinski definition) is 4. The predicted octanol–water partition coefficient (Wildman–Crippen LogP) is 5.84. The molecule has 3 rings (SSSR count). The molecular weight excluding hydrogens is 494 g/mol. The summed E-state index contributed by atoms with van der Waals surface area (Å²) < 4.78 is 7.54. The first kappa shape index (κ1) is 23.3. The number of methoxy groups -OCH3 is 1. The van der Waals surface area contributed by atoms with E-state index in [1.165, 1.54) is 13.2 Å². The van der Waals surface area contributed by atoms with Gasteiger partial charge in [-0.25, -0.2) is 4.79 Å². The zero-order chi connectivity index (χ0) is 23.4. The van der Waals surface area contributed by atoms with Crippen LogP contribution in [0.1, 0.15) is 27.3 Å². The molecule has 2 aromatic carbocycles. The summed E-state index contributed by atoms with van der Waals surface area (Å²) in [6.07, 6.45) is 1.53. The van der Waals surface area contributed by atoms with E-state index >= 15 is 0 Å². The Morgan fingerprint density at radius 3 is 2.47 bits per heavy atom. The highest BCUT2D eigenvalue weighted by Crippen LogP contribution is 2.29. The molecule has 0 aliphatic rings. The van der Waals surface area contributed by atoms with Crippen LogP contribution in [0.2, 0.25) is 5.02 Å². The smallest absolute Gasteiger partial charge is 0.337 e. The summed E-state index contributed by atoms with van der Waals surface area (Å²) in [7, 11) is 1.31. The average molecular weight is 513 g/mol. The van der Waals surface area contributed by atoms with Crippen LogP contribution in [0, 0.1) is 25.2 Å². The second-order valence-corrected chi connectivity index (χ2v) is 8.27. The molecule has 0 aliphatic heterocycles. The Bertz CT molecular complexity index is 1270. The molecule has 0 aliphatic carbocycles. The third-order valence-corrected chi connectivity index (χ3v) is 5.69. The van der Waals surface area contributed by atoms with Crippen molar-refractivity contribution >= 4 is 51.2 Å².